The van der Waals surface area contributed by atoms with Gasteiger partial charge in [0.05, 0.1) is 0 Å². The topological polar surface area (TPSA) is 60.2 Å². The molecule has 0 saturated carbocycles. The van der Waals surface area contributed by atoms with Crippen LogP contribution >= 0.6 is 0 Å². The highest BCUT2D eigenvalue weighted by Gasteiger charge is 2.18. The van der Waals surface area contributed by atoms with Gasteiger partial charge in [0.15, 0.2) is 0 Å². The molecule has 5 heteroatoms. The van der Waals surface area contributed by atoms with Gasteiger partial charge in [-0.15, -0.1) is 0 Å². The number of halogens is 1. The Hall–Kier alpha value is -0.940. The molecule has 0 aromatic heterocycles. The highest BCUT2D eigenvalue weighted by atomic mass is 32.2. The van der Waals surface area contributed by atoms with Crippen molar-refractivity contribution in [2.45, 2.75) is 18.7 Å². The summed E-state index contributed by atoms with van der Waals surface area (Å²) in [6.07, 6.45) is 0. The zero-order valence-corrected chi connectivity index (χ0v) is 8.15. The van der Waals surface area contributed by atoms with Gasteiger partial charge in [0.2, 0.25) is 10.0 Å². The fraction of sp³-hybridized carbons (Fsp3) is 0.250. The summed E-state index contributed by atoms with van der Waals surface area (Å²) in [5.41, 5.74) is 1.06. The number of nitrogens with two attached hydrogens (primary N) is 1. The molecule has 0 atom stereocenters. The van der Waals surface area contributed by atoms with Gasteiger partial charge in [-0.1, -0.05) is 6.07 Å². The standard InChI is InChI=1S/C8H10FNO2S/c1-5-3-4-7(9)8(6(5)2)13(10,11)12/h3-4H,1-2H3,(H2,10,11,12). The lowest BCUT2D eigenvalue weighted by Crippen LogP contribution is -2.16. The van der Waals surface area contributed by atoms with Gasteiger partial charge in [-0.25, -0.2) is 17.9 Å². The van der Waals surface area contributed by atoms with Gasteiger partial charge >= 0.3 is 0 Å². The van der Waals surface area contributed by atoms with Crippen LogP contribution < -0.4 is 5.14 Å². The average molecular weight is 203 g/mol. The van der Waals surface area contributed by atoms with E-state index in [1.165, 1.54) is 13.0 Å². The lowest BCUT2D eigenvalue weighted by molar-refractivity contribution is 0.565. The van der Waals surface area contributed by atoms with Crippen molar-refractivity contribution < 1.29 is 12.8 Å². The molecule has 1 aromatic rings. The Kier molecular flexibility index (Phi) is 2.40. The van der Waals surface area contributed by atoms with Crippen molar-refractivity contribution in [3.05, 3.63) is 29.1 Å². The van der Waals surface area contributed by atoms with Crippen LogP contribution in [0.1, 0.15) is 11.1 Å². The van der Waals surface area contributed by atoms with Crippen LogP contribution in [0, 0.1) is 19.7 Å². The molecule has 0 spiro atoms. The molecule has 0 radical (unpaired) electrons. The molecule has 0 aliphatic heterocycles. The molecular formula is C8H10FNO2S. The van der Waals surface area contributed by atoms with Crippen LogP contribution in [0.25, 0.3) is 0 Å². The molecule has 1 aromatic carbocycles. The number of rotatable bonds is 1. The SMILES string of the molecule is Cc1ccc(F)c(S(N)(=O)=O)c1C. The zero-order chi connectivity index (χ0) is 10.2. The van der Waals surface area contributed by atoms with Crippen molar-refractivity contribution in [2.24, 2.45) is 5.14 Å². The maximum Gasteiger partial charge on any atom is 0.241 e. The van der Waals surface area contributed by atoms with E-state index in [1.54, 1.807) is 6.92 Å². The van der Waals surface area contributed by atoms with Crippen molar-refractivity contribution in [1.82, 2.24) is 0 Å². The summed E-state index contributed by atoms with van der Waals surface area (Å²) < 4.78 is 35.0. The van der Waals surface area contributed by atoms with E-state index < -0.39 is 20.7 Å². The molecule has 0 saturated heterocycles. The third kappa shape index (κ3) is 1.87. The van der Waals surface area contributed by atoms with Crippen LogP contribution in [0.15, 0.2) is 17.0 Å². The van der Waals surface area contributed by atoms with E-state index in [0.717, 1.165) is 6.07 Å². The second-order valence-corrected chi connectivity index (χ2v) is 4.36. The Morgan fingerprint density at radius 1 is 1.31 bits per heavy atom. The number of aryl methyl sites for hydroxylation is 1. The van der Waals surface area contributed by atoms with Gasteiger partial charge in [0.25, 0.3) is 0 Å². The van der Waals surface area contributed by atoms with Gasteiger partial charge in [-0.3, -0.25) is 0 Å². The van der Waals surface area contributed by atoms with Gasteiger partial charge in [-0.05, 0) is 31.0 Å². The summed E-state index contributed by atoms with van der Waals surface area (Å²) in [7, 11) is -3.96. The summed E-state index contributed by atoms with van der Waals surface area (Å²) in [6.45, 7) is 3.22. The first-order chi connectivity index (χ1) is 5.84. The average Bonchev–Trinajstić information content (AvgIpc) is 1.95. The van der Waals surface area contributed by atoms with Crippen LogP contribution in [0.5, 0.6) is 0 Å². The van der Waals surface area contributed by atoms with E-state index in [-0.39, 0.29) is 0 Å². The maximum absolute atomic E-state index is 13.1. The minimum atomic E-state index is -3.96. The van der Waals surface area contributed by atoms with Crippen molar-refractivity contribution >= 4 is 10.0 Å². The van der Waals surface area contributed by atoms with E-state index >= 15 is 0 Å². The molecule has 1 rings (SSSR count). The van der Waals surface area contributed by atoms with E-state index in [1.807, 2.05) is 0 Å². The first kappa shape index (κ1) is 10.1. The normalized spacial score (nSPS) is 11.7. The zero-order valence-electron chi connectivity index (χ0n) is 7.33. The molecule has 72 valence electrons. The van der Waals surface area contributed by atoms with Crippen molar-refractivity contribution in [3.63, 3.8) is 0 Å². The van der Waals surface area contributed by atoms with Crippen molar-refractivity contribution in [1.29, 1.82) is 0 Å². The first-order valence-corrected chi connectivity index (χ1v) is 5.17. The third-order valence-electron chi connectivity index (χ3n) is 1.91. The highest BCUT2D eigenvalue weighted by molar-refractivity contribution is 7.89. The third-order valence-corrected chi connectivity index (χ3v) is 2.98. The molecule has 0 bridgehead atoms. The first-order valence-electron chi connectivity index (χ1n) is 3.62. The van der Waals surface area contributed by atoms with E-state index in [4.69, 9.17) is 5.14 Å². The molecule has 0 fully saturated rings. The van der Waals surface area contributed by atoms with Gasteiger partial charge < -0.3 is 0 Å². The predicted octanol–water partition coefficient (Wildman–Crippen LogP) is 1.09. The van der Waals surface area contributed by atoms with E-state index in [0.29, 0.717) is 11.1 Å². The van der Waals surface area contributed by atoms with Crippen LogP contribution in [0.3, 0.4) is 0 Å². The van der Waals surface area contributed by atoms with Crippen LogP contribution in [0.2, 0.25) is 0 Å². The van der Waals surface area contributed by atoms with Crippen molar-refractivity contribution in [3.8, 4) is 0 Å². The summed E-state index contributed by atoms with van der Waals surface area (Å²) in [4.78, 5) is -0.410. The molecule has 0 aliphatic rings. The molecule has 0 unspecified atom stereocenters. The number of hydrogen-bond donors (Lipinski definition) is 1. The Balaban J connectivity index is 3.62. The predicted molar refractivity (Wildman–Crippen MR) is 47.2 cm³/mol. The molecule has 3 nitrogen and oxygen atoms in total. The number of hydrogen-bond acceptors (Lipinski definition) is 2. The number of primary sulfonamides is 1. The Morgan fingerprint density at radius 2 is 1.85 bits per heavy atom. The lowest BCUT2D eigenvalue weighted by Gasteiger charge is -2.06. The van der Waals surface area contributed by atoms with Gasteiger partial charge in [0, 0.05) is 0 Å². The van der Waals surface area contributed by atoms with Gasteiger partial charge in [-0.2, -0.15) is 0 Å². The lowest BCUT2D eigenvalue weighted by atomic mass is 10.1. The Labute approximate surface area is 76.4 Å². The van der Waals surface area contributed by atoms with E-state index in [2.05, 4.69) is 0 Å². The fourth-order valence-corrected chi connectivity index (χ4v) is 2.03. The number of sulfonamides is 1. The van der Waals surface area contributed by atoms with Gasteiger partial charge in [0.1, 0.15) is 10.7 Å². The fourth-order valence-electron chi connectivity index (χ4n) is 1.11. The quantitative estimate of drug-likeness (QED) is 0.742. The summed E-state index contributed by atoms with van der Waals surface area (Å²) in [5.74, 6) is -0.800. The van der Waals surface area contributed by atoms with E-state index in [9.17, 15) is 12.8 Å². The second kappa shape index (κ2) is 3.08. The minimum Gasteiger partial charge on any atom is -0.225 e. The molecular weight excluding hydrogens is 193 g/mol. The van der Waals surface area contributed by atoms with Crippen LogP contribution in [-0.4, -0.2) is 8.42 Å². The molecule has 0 aliphatic carbocycles. The van der Waals surface area contributed by atoms with Crippen LogP contribution in [-0.2, 0) is 10.0 Å². The maximum atomic E-state index is 13.1. The Bertz CT molecular complexity index is 440. The Morgan fingerprint density at radius 3 is 2.23 bits per heavy atom. The molecule has 2 N–H and O–H groups in total. The highest BCUT2D eigenvalue weighted by Crippen LogP contribution is 2.20. The molecule has 0 amide bonds. The molecule has 0 heterocycles. The summed E-state index contributed by atoms with van der Waals surface area (Å²) in [5, 5.41) is 4.86. The van der Waals surface area contributed by atoms with Crippen LogP contribution in [0.4, 0.5) is 4.39 Å². The second-order valence-electron chi connectivity index (χ2n) is 2.86. The van der Waals surface area contributed by atoms with Crippen molar-refractivity contribution in [2.75, 3.05) is 0 Å². The molecule has 13 heavy (non-hydrogen) atoms. The summed E-state index contributed by atoms with van der Waals surface area (Å²) in [6, 6.07) is 2.61. The largest absolute Gasteiger partial charge is 0.241 e. The minimum absolute atomic E-state index is 0.363. The smallest absolute Gasteiger partial charge is 0.225 e. The monoisotopic (exact) mass is 203 g/mol. The number of benzene rings is 1. The summed E-state index contributed by atoms with van der Waals surface area (Å²) >= 11 is 0.